The Morgan fingerprint density at radius 1 is 1.15 bits per heavy atom. The van der Waals surface area contributed by atoms with Crippen LogP contribution in [0.15, 0.2) is 24.3 Å². The van der Waals surface area contributed by atoms with Gasteiger partial charge in [-0.15, -0.1) is 24.8 Å². The van der Waals surface area contributed by atoms with Crippen LogP contribution in [0.25, 0.3) is 21.9 Å². The SMILES string of the molecule is Cl.Cl.NCCn1c(CN2CCCS2(=O)=O)nc2c(N)nc3ccccc3c21. The maximum Gasteiger partial charge on any atom is 0.214 e. The largest absolute Gasteiger partial charge is 0.382 e. The molecule has 11 heteroatoms. The molecule has 1 aromatic carbocycles. The van der Waals surface area contributed by atoms with Crippen LogP contribution in [0, 0.1) is 0 Å². The molecule has 0 spiro atoms. The number of para-hydroxylation sites is 1. The van der Waals surface area contributed by atoms with E-state index in [9.17, 15) is 8.42 Å². The standard InChI is InChI=1S/C16H20N6O2S.2ClH/c17-6-8-22-13(10-21-7-3-9-25(21,23)24)20-14-15(22)11-4-1-2-5-12(11)19-16(14)18;;/h1-2,4-5H,3,6-10,17H2,(H2,18,19);2*1H. The van der Waals surface area contributed by atoms with Crippen LogP contribution in [0.4, 0.5) is 5.82 Å². The molecule has 0 saturated carbocycles. The van der Waals surface area contributed by atoms with Crippen LogP contribution in [-0.4, -0.2) is 46.1 Å². The van der Waals surface area contributed by atoms with Crippen LogP contribution in [0.2, 0.25) is 0 Å². The van der Waals surface area contributed by atoms with E-state index in [4.69, 9.17) is 11.5 Å². The fraction of sp³-hybridized carbons (Fsp3) is 0.375. The fourth-order valence-electron chi connectivity index (χ4n) is 3.42. The first-order chi connectivity index (χ1) is 12.0. The van der Waals surface area contributed by atoms with Gasteiger partial charge in [0.2, 0.25) is 10.0 Å². The number of sulfonamides is 1. The predicted octanol–water partition coefficient (Wildman–Crippen LogP) is 1.50. The second-order valence-electron chi connectivity index (χ2n) is 6.18. The van der Waals surface area contributed by atoms with Crippen molar-refractivity contribution in [3.63, 3.8) is 0 Å². The van der Waals surface area contributed by atoms with Gasteiger partial charge in [0, 0.05) is 25.0 Å². The maximum atomic E-state index is 12.2. The number of nitrogens with zero attached hydrogens (tertiary/aromatic N) is 4. The second-order valence-corrected chi connectivity index (χ2v) is 8.27. The molecule has 4 N–H and O–H groups in total. The first-order valence-electron chi connectivity index (χ1n) is 8.22. The van der Waals surface area contributed by atoms with E-state index >= 15 is 0 Å². The van der Waals surface area contributed by atoms with Crippen molar-refractivity contribution in [3.8, 4) is 0 Å². The summed E-state index contributed by atoms with van der Waals surface area (Å²) in [6, 6.07) is 7.71. The molecule has 0 radical (unpaired) electrons. The minimum absolute atomic E-state index is 0. The van der Waals surface area contributed by atoms with E-state index in [-0.39, 0.29) is 37.1 Å². The smallest absolute Gasteiger partial charge is 0.214 e. The zero-order valence-electron chi connectivity index (χ0n) is 14.5. The van der Waals surface area contributed by atoms with Crippen LogP contribution in [-0.2, 0) is 23.1 Å². The Morgan fingerprint density at radius 2 is 1.89 bits per heavy atom. The summed E-state index contributed by atoms with van der Waals surface area (Å²) in [5.41, 5.74) is 14.1. The van der Waals surface area contributed by atoms with Gasteiger partial charge < -0.3 is 16.0 Å². The van der Waals surface area contributed by atoms with Crippen molar-refractivity contribution < 1.29 is 8.42 Å². The van der Waals surface area contributed by atoms with Gasteiger partial charge in [-0.05, 0) is 12.5 Å². The zero-order valence-corrected chi connectivity index (χ0v) is 17.0. The molecule has 3 heterocycles. The molecule has 148 valence electrons. The van der Waals surface area contributed by atoms with E-state index in [0.717, 1.165) is 16.4 Å². The van der Waals surface area contributed by atoms with Crippen LogP contribution >= 0.6 is 24.8 Å². The van der Waals surface area contributed by atoms with Gasteiger partial charge in [-0.1, -0.05) is 18.2 Å². The molecule has 0 unspecified atom stereocenters. The Kier molecular flexibility index (Phi) is 6.54. The molecular formula is C16H22Cl2N6O2S. The summed E-state index contributed by atoms with van der Waals surface area (Å²) in [7, 11) is -3.21. The number of pyridine rings is 1. The van der Waals surface area contributed by atoms with Crippen LogP contribution in [0.1, 0.15) is 12.2 Å². The fourth-order valence-corrected chi connectivity index (χ4v) is 4.89. The van der Waals surface area contributed by atoms with E-state index < -0.39 is 10.0 Å². The zero-order chi connectivity index (χ0) is 17.6. The quantitative estimate of drug-likeness (QED) is 0.644. The van der Waals surface area contributed by atoms with E-state index in [0.29, 0.717) is 43.2 Å². The topological polar surface area (TPSA) is 120 Å². The second kappa shape index (κ2) is 8.15. The number of halogens is 2. The van der Waals surface area contributed by atoms with Gasteiger partial charge in [0.05, 0.1) is 23.3 Å². The lowest BCUT2D eigenvalue weighted by Gasteiger charge is -2.15. The third-order valence-electron chi connectivity index (χ3n) is 4.56. The van der Waals surface area contributed by atoms with Crippen molar-refractivity contribution in [2.45, 2.75) is 19.5 Å². The van der Waals surface area contributed by atoms with E-state index in [1.165, 1.54) is 4.31 Å². The van der Waals surface area contributed by atoms with Gasteiger partial charge in [-0.2, -0.15) is 4.31 Å². The number of anilines is 1. The Balaban J connectivity index is 0.00000131. The molecule has 1 saturated heterocycles. The van der Waals surface area contributed by atoms with Crippen molar-refractivity contribution in [1.29, 1.82) is 0 Å². The van der Waals surface area contributed by atoms with Crippen molar-refractivity contribution >= 4 is 62.6 Å². The lowest BCUT2D eigenvalue weighted by molar-refractivity contribution is 0.421. The van der Waals surface area contributed by atoms with Crippen LogP contribution < -0.4 is 11.5 Å². The number of hydrogen-bond acceptors (Lipinski definition) is 6. The summed E-state index contributed by atoms with van der Waals surface area (Å²) in [4.78, 5) is 9.04. The van der Waals surface area contributed by atoms with Crippen molar-refractivity contribution in [2.75, 3.05) is 24.6 Å². The van der Waals surface area contributed by atoms with Gasteiger partial charge in [-0.3, -0.25) is 0 Å². The molecule has 1 aliphatic rings. The first-order valence-corrected chi connectivity index (χ1v) is 9.83. The Hall–Kier alpha value is -1.65. The third-order valence-corrected chi connectivity index (χ3v) is 6.47. The number of rotatable bonds is 4. The summed E-state index contributed by atoms with van der Waals surface area (Å²) < 4.78 is 27.8. The average Bonchev–Trinajstić information content (AvgIpc) is 3.10. The summed E-state index contributed by atoms with van der Waals surface area (Å²) in [6.07, 6.45) is 0.645. The van der Waals surface area contributed by atoms with Crippen molar-refractivity contribution in [3.05, 3.63) is 30.1 Å². The molecule has 27 heavy (non-hydrogen) atoms. The number of nitrogen functional groups attached to an aromatic ring is 1. The normalized spacial score (nSPS) is 16.3. The molecule has 3 aromatic rings. The molecule has 4 rings (SSSR count). The van der Waals surface area contributed by atoms with Crippen LogP contribution in [0.5, 0.6) is 0 Å². The molecule has 0 bridgehead atoms. The number of fused-ring (bicyclic) bond motifs is 3. The van der Waals surface area contributed by atoms with Gasteiger partial charge >= 0.3 is 0 Å². The predicted molar refractivity (Wildman–Crippen MR) is 112 cm³/mol. The monoisotopic (exact) mass is 432 g/mol. The Labute approximate surface area is 169 Å². The number of aromatic nitrogens is 3. The van der Waals surface area contributed by atoms with Crippen molar-refractivity contribution in [2.24, 2.45) is 5.73 Å². The number of hydrogen-bond donors (Lipinski definition) is 2. The van der Waals surface area contributed by atoms with Crippen molar-refractivity contribution in [1.82, 2.24) is 18.8 Å². The molecule has 0 aliphatic carbocycles. The van der Waals surface area contributed by atoms with Gasteiger partial charge in [0.15, 0.2) is 5.82 Å². The summed E-state index contributed by atoms with van der Waals surface area (Å²) in [6.45, 7) is 1.70. The minimum Gasteiger partial charge on any atom is -0.382 e. The molecule has 2 aromatic heterocycles. The highest BCUT2D eigenvalue weighted by Gasteiger charge is 2.30. The highest BCUT2D eigenvalue weighted by Crippen LogP contribution is 2.29. The summed E-state index contributed by atoms with van der Waals surface area (Å²) >= 11 is 0. The highest BCUT2D eigenvalue weighted by molar-refractivity contribution is 7.89. The first kappa shape index (κ1) is 21.6. The van der Waals surface area contributed by atoms with Crippen LogP contribution in [0.3, 0.4) is 0 Å². The molecule has 0 atom stereocenters. The molecule has 1 aliphatic heterocycles. The van der Waals surface area contributed by atoms with E-state index in [2.05, 4.69) is 9.97 Å². The molecule has 1 fully saturated rings. The number of imidazole rings is 1. The number of benzene rings is 1. The molecule has 0 amide bonds. The van der Waals surface area contributed by atoms with Gasteiger partial charge in [0.25, 0.3) is 0 Å². The minimum atomic E-state index is -3.21. The number of nitrogens with two attached hydrogens (primary N) is 2. The molecule has 8 nitrogen and oxygen atoms in total. The average molecular weight is 433 g/mol. The maximum absolute atomic E-state index is 12.2. The van der Waals surface area contributed by atoms with E-state index in [1.807, 2.05) is 28.8 Å². The Bertz CT molecular complexity index is 1070. The summed E-state index contributed by atoms with van der Waals surface area (Å²) in [5, 5.41) is 0.933. The van der Waals surface area contributed by atoms with Gasteiger partial charge in [-0.25, -0.2) is 18.4 Å². The Morgan fingerprint density at radius 3 is 2.56 bits per heavy atom. The molecular weight excluding hydrogens is 411 g/mol. The third kappa shape index (κ3) is 3.70. The van der Waals surface area contributed by atoms with Gasteiger partial charge in [0.1, 0.15) is 11.3 Å². The summed E-state index contributed by atoms with van der Waals surface area (Å²) in [5.74, 6) is 1.18. The lowest BCUT2D eigenvalue weighted by atomic mass is 10.2. The van der Waals surface area contributed by atoms with E-state index in [1.54, 1.807) is 0 Å². The lowest BCUT2D eigenvalue weighted by Crippen LogP contribution is -2.27. The highest BCUT2D eigenvalue weighted by atomic mass is 35.5.